The molecule has 2 rings (SSSR count). The number of benzene rings is 1. The predicted molar refractivity (Wildman–Crippen MR) is 71.9 cm³/mol. The van der Waals surface area contributed by atoms with Gasteiger partial charge in [-0.2, -0.15) is 0 Å². The van der Waals surface area contributed by atoms with Crippen LogP contribution >= 0.6 is 0 Å². The second-order valence-electron chi connectivity index (χ2n) is 4.82. The summed E-state index contributed by atoms with van der Waals surface area (Å²) in [4.78, 5) is 13.1. The lowest BCUT2D eigenvalue weighted by Crippen LogP contribution is -2.45. The Hall–Kier alpha value is -1.86. The molecule has 4 heteroatoms. The molecule has 0 saturated carbocycles. The summed E-state index contributed by atoms with van der Waals surface area (Å²) in [5, 5.41) is 0. The van der Waals surface area contributed by atoms with E-state index >= 15 is 0 Å². The van der Waals surface area contributed by atoms with Gasteiger partial charge < -0.3 is 9.64 Å². The van der Waals surface area contributed by atoms with Gasteiger partial charge in [-0.25, -0.2) is 4.39 Å². The average molecular weight is 261 g/mol. The van der Waals surface area contributed by atoms with Crippen LogP contribution in [-0.4, -0.2) is 31.6 Å². The van der Waals surface area contributed by atoms with E-state index in [1.807, 2.05) is 18.7 Å². The summed E-state index contributed by atoms with van der Waals surface area (Å²) in [5.74, 6) is 1.76. The van der Waals surface area contributed by atoms with Gasteiger partial charge in [0.15, 0.2) is 6.29 Å². The highest BCUT2D eigenvalue weighted by Crippen LogP contribution is 2.26. The second-order valence-corrected chi connectivity index (χ2v) is 4.82. The molecule has 1 aliphatic rings. The Morgan fingerprint density at radius 1 is 1.42 bits per heavy atom. The number of nitrogens with zero attached hydrogens (tertiary/aromatic N) is 1. The summed E-state index contributed by atoms with van der Waals surface area (Å²) in [6.07, 6.45) is 6.00. The van der Waals surface area contributed by atoms with Crippen LogP contribution in [0.3, 0.4) is 0 Å². The quantitative estimate of drug-likeness (QED) is 0.604. The maximum Gasteiger partial charge on any atom is 0.152 e. The Bertz CT molecular complexity index is 526. The van der Waals surface area contributed by atoms with Crippen LogP contribution < -0.4 is 4.90 Å². The zero-order valence-corrected chi connectivity index (χ0v) is 11.0. The highest BCUT2D eigenvalue weighted by molar-refractivity contribution is 5.85. The SMILES string of the molecule is C#Cc1cc(C=O)c(N2C[C@@H](C)O[C@@H](C)C2)cc1F. The van der Waals surface area contributed by atoms with Crippen LogP contribution in [0.4, 0.5) is 10.1 Å². The molecular formula is C15H16FNO2. The second kappa shape index (κ2) is 5.41. The number of terminal acetylenes is 1. The zero-order chi connectivity index (χ0) is 14.0. The molecule has 1 fully saturated rings. The Balaban J connectivity index is 2.41. The molecule has 100 valence electrons. The van der Waals surface area contributed by atoms with E-state index in [1.54, 1.807) is 0 Å². The van der Waals surface area contributed by atoms with E-state index in [2.05, 4.69) is 5.92 Å². The molecule has 2 atom stereocenters. The zero-order valence-electron chi connectivity index (χ0n) is 11.0. The van der Waals surface area contributed by atoms with E-state index in [0.717, 1.165) is 0 Å². The molecule has 1 aromatic carbocycles. The van der Waals surface area contributed by atoms with Crippen LogP contribution in [0.15, 0.2) is 12.1 Å². The number of ether oxygens (including phenoxy) is 1. The molecule has 0 aliphatic carbocycles. The minimum Gasteiger partial charge on any atom is -0.372 e. The molecule has 1 aliphatic heterocycles. The van der Waals surface area contributed by atoms with Crippen LogP contribution in [0.5, 0.6) is 0 Å². The molecule has 1 aromatic rings. The maximum absolute atomic E-state index is 13.8. The summed E-state index contributed by atoms with van der Waals surface area (Å²) in [5.41, 5.74) is 1.10. The van der Waals surface area contributed by atoms with E-state index in [4.69, 9.17) is 11.2 Å². The minimum absolute atomic E-state index is 0.0404. The smallest absolute Gasteiger partial charge is 0.152 e. The number of carbonyl (C=O) groups is 1. The number of hydrogen-bond acceptors (Lipinski definition) is 3. The molecule has 0 N–H and O–H groups in total. The molecule has 0 radical (unpaired) electrons. The lowest BCUT2D eigenvalue weighted by atomic mass is 10.1. The molecule has 0 unspecified atom stereocenters. The van der Waals surface area contributed by atoms with Gasteiger partial charge in [-0.3, -0.25) is 4.79 Å². The van der Waals surface area contributed by atoms with Crippen molar-refractivity contribution in [2.75, 3.05) is 18.0 Å². The number of rotatable bonds is 2. The lowest BCUT2D eigenvalue weighted by Gasteiger charge is -2.37. The first-order chi connectivity index (χ1) is 9.05. The number of morpholine rings is 1. The monoisotopic (exact) mass is 261 g/mol. The third kappa shape index (κ3) is 2.77. The van der Waals surface area contributed by atoms with Crippen molar-refractivity contribution in [2.45, 2.75) is 26.1 Å². The van der Waals surface area contributed by atoms with Crippen molar-refractivity contribution in [3.63, 3.8) is 0 Å². The van der Waals surface area contributed by atoms with Crippen molar-refractivity contribution in [3.8, 4) is 12.3 Å². The first kappa shape index (κ1) is 13.6. The fraction of sp³-hybridized carbons (Fsp3) is 0.400. The van der Waals surface area contributed by atoms with E-state index < -0.39 is 5.82 Å². The fourth-order valence-corrected chi connectivity index (χ4v) is 2.43. The van der Waals surface area contributed by atoms with Gasteiger partial charge in [0.05, 0.1) is 23.5 Å². The molecule has 3 nitrogen and oxygen atoms in total. The van der Waals surface area contributed by atoms with Crippen molar-refractivity contribution in [2.24, 2.45) is 0 Å². The van der Waals surface area contributed by atoms with Gasteiger partial charge in [0.1, 0.15) is 5.82 Å². The number of aldehydes is 1. The van der Waals surface area contributed by atoms with Gasteiger partial charge in [0.2, 0.25) is 0 Å². The topological polar surface area (TPSA) is 29.5 Å². The molecule has 0 bridgehead atoms. The van der Waals surface area contributed by atoms with Crippen molar-refractivity contribution >= 4 is 12.0 Å². The van der Waals surface area contributed by atoms with Gasteiger partial charge in [-0.15, -0.1) is 6.42 Å². The van der Waals surface area contributed by atoms with Gasteiger partial charge in [-0.1, -0.05) is 5.92 Å². The van der Waals surface area contributed by atoms with Gasteiger partial charge in [0.25, 0.3) is 0 Å². The Labute approximate surface area is 112 Å². The number of halogens is 1. The maximum atomic E-state index is 13.8. The van der Waals surface area contributed by atoms with Gasteiger partial charge in [0, 0.05) is 18.7 Å². The van der Waals surface area contributed by atoms with Crippen LogP contribution in [0.1, 0.15) is 29.8 Å². The molecule has 0 spiro atoms. The van der Waals surface area contributed by atoms with E-state index in [-0.39, 0.29) is 17.8 Å². The highest BCUT2D eigenvalue weighted by atomic mass is 19.1. The number of anilines is 1. The predicted octanol–water partition coefficient (Wildman–Crippen LogP) is 2.23. The van der Waals surface area contributed by atoms with E-state index in [1.165, 1.54) is 12.1 Å². The van der Waals surface area contributed by atoms with Crippen molar-refractivity contribution in [3.05, 3.63) is 29.1 Å². The summed E-state index contributed by atoms with van der Waals surface area (Å²) in [6, 6.07) is 2.76. The Kier molecular flexibility index (Phi) is 3.87. The molecule has 19 heavy (non-hydrogen) atoms. The normalized spacial score (nSPS) is 22.9. The molecule has 0 amide bonds. The summed E-state index contributed by atoms with van der Waals surface area (Å²) < 4.78 is 19.4. The Morgan fingerprint density at radius 3 is 2.58 bits per heavy atom. The standard InChI is InChI=1S/C15H16FNO2/c1-4-12-5-13(9-18)15(6-14(12)16)17-7-10(2)19-11(3)8-17/h1,5-6,9-11H,7-8H2,2-3H3/t10-,11+. The molecular weight excluding hydrogens is 245 g/mol. The Morgan fingerprint density at radius 2 is 2.05 bits per heavy atom. The highest BCUT2D eigenvalue weighted by Gasteiger charge is 2.24. The fourth-order valence-electron chi connectivity index (χ4n) is 2.43. The first-order valence-electron chi connectivity index (χ1n) is 6.21. The summed E-state index contributed by atoms with van der Waals surface area (Å²) in [7, 11) is 0. The average Bonchev–Trinajstić information content (AvgIpc) is 2.37. The van der Waals surface area contributed by atoms with E-state index in [9.17, 15) is 9.18 Å². The lowest BCUT2D eigenvalue weighted by molar-refractivity contribution is -0.00527. The van der Waals surface area contributed by atoms with E-state index in [0.29, 0.717) is 30.6 Å². The first-order valence-corrected chi connectivity index (χ1v) is 6.21. The molecule has 1 saturated heterocycles. The number of carbonyl (C=O) groups excluding carboxylic acids is 1. The largest absolute Gasteiger partial charge is 0.372 e. The van der Waals surface area contributed by atoms with Crippen molar-refractivity contribution in [1.29, 1.82) is 0 Å². The van der Waals surface area contributed by atoms with Crippen LogP contribution in [0.25, 0.3) is 0 Å². The van der Waals surface area contributed by atoms with Crippen LogP contribution in [0.2, 0.25) is 0 Å². The summed E-state index contributed by atoms with van der Waals surface area (Å²) in [6.45, 7) is 5.16. The van der Waals surface area contributed by atoms with Crippen LogP contribution in [0, 0.1) is 18.2 Å². The van der Waals surface area contributed by atoms with Gasteiger partial charge in [-0.05, 0) is 26.0 Å². The minimum atomic E-state index is -0.477. The van der Waals surface area contributed by atoms with Gasteiger partial charge >= 0.3 is 0 Å². The van der Waals surface area contributed by atoms with Crippen molar-refractivity contribution < 1.29 is 13.9 Å². The molecule has 1 heterocycles. The third-order valence-electron chi connectivity index (χ3n) is 3.16. The van der Waals surface area contributed by atoms with Crippen molar-refractivity contribution in [1.82, 2.24) is 0 Å². The summed E-state index contributed by atoms with van der Waals surface area (Å²) >= 11 is 0. The number of hydrogen-bond donors (Lipinski definition) is 0. The molecule has 0 aromatic heterocycles. The van der Waals surface area contributed by atoms with Crippen LogP contribution in [-0.2, 0) is 4.74 Å². The third-order valence-corrected chi connectivity index (χ3v) is 3.16.